The Balaban J connectivity index is 0.00000900. The molecule has 2 atom stereocenters. The van der Waals surface area contributed by atoms with E-state index in [0.29, 0.717) is 26.0 Å². The maximum absolute atomic E-state index is 12.5. The van der Waals surface area contributed by atoms with Gasteiger partial charge >= 0.3 is 29.6 Å². The smallest absolute Gasteiger partial charge is 0.550 e. The standard InChI is InChI=1S/C25H47NO4.Na/c1-5-6-7-8-9-10-11-12-13-14-19-30-20-15-18-26-22(27)21-16-17-25(4,23(28)29)24(21,2)3;/h21H,5-20H2,1-4H3,(H,26,27)(H,28,29);/q;+1/p-1/t21-,25+;/m1./s1. The molecule has 5 nitrogen and oxygen atoms in total. The Morgan fingerprint density at radius 1 is 0.903 bits per heavy atom. The van der Waals surface area contributed by atoms with E-state index in [4.69, 9.17) is 4.74 Å². The second-order valence-corrected chi connectivity index (χ2v) is 9.87. The fourth-order valence-corrected chi connectivity index (χ4v) is 4.63. The zero-order chi connectivity index (χ0) is 22.5. The van der Waals surface area contributed by atoms with Crippen LogP contribution in [0.5, 0.6) is 0 Å². The molecule has 1 aliphatic carbocycles. The van der Waals surface area contributed by atoms with Crippen molar-refractivity contribution in [2.24, 2.45) is 16.7 Å². The van der Waals surface area contributed by atoms with Crippen molar-refractivity contribution in [2.45, 2.75) is 111 Å². The minimum absolute atomic E-state index is 0. The van der Waals surface area contributed by atoms with E-state index in [-0.39, 0.29) is 41.4 Å². The van der Waals surface area contributed by atoms with Crippen LogP contribution in [0.15, 0.2) is 0 Å². The predicted octanol–water partition coefficient (Wildman–Crippen LogP) is 1.63. The van der Waals surface area contributed by atoms with Gasteiger partial charge in [0.2, 0.25) is 5.91 Å². The van der Waals surface area contributed by atoms with Gasteiger partial charge in [0.05, 0.1) is 0 Å². The Labute approximate surface area is 213 Å². The quantitative estimate of drug-likeness (QED) is 0.272. The Kier molecular flexibility index (Phi) is 16.4. The van der Waals surface area contributed by atoms with E-state index in [1.54, 1.807) is 6.92 Å². The van der Waals surface area contributed by atoms with Crippen molar-refractivity contribution >= 4 is 11.9 Å². The van der Waals surface area contributed by atoms with Gasteiger partial charge in [0.15, 0.2) is 0 Å². The van der Waals surface area contributed by atoms with E-state index in [2.05, 4.69) is 12.2 Å². The van der Waals surface area contributed by atoms with E-state index in [0.717, 1.165) is 19.4 Å². The Morgan fingerprint density at radius 3 is 1.94 bits per heavy atom. The summed E-state index contributed by atoms with van der Waals surface area (Å²) in [5.41, 5.74) is -1.56. The van der Waals surface area contributed by atoms with Crippen molar-refractivity contribution in [1.82, 2.24) is 5.32 Å². The molecule has 0 aromatic rings. The number of hydrogen-bond donors (Lipinski definition) is 1. The second kappa shape index (κ2) is 16.5. The Hall–Kier alpha value is -0.100. The molecule has 0 saturated heterocycles. The molecule has 0 aromatic heterocycles. The van der Waals surface area contributed by atoms with Crippen LogP contribution in [-0.4, -0.2) is 31.6 Å². The van der Waals surface area contributed by atoms with E-state index < -0.39 is 16.8 Å². The Bertz CT molecular complexity index is 512. The first-order valence-corrected chi connectivity index (χ1v) is 12.3. The molecule has 1 N–H and O–H groups in total. The molecule has 31 heavy (non-hydrogen) atoms. The summed E-state index contributed by atoms with van der Waals surface area (Å²) in [5.74, 6) is -1.38. The number of nitrogens with one attached hydrogen (secondary N) is 1. The molecule has 1 aliphatic rings. The molecule has 1 saturated carbocycles. The maximum Gasteiger partial charge on any atom is 1.00 e. The number of carboxylic acids is 1. The van der Waals surface area contributed by atoms with Gasteiger partial charge in [0.1, 0.15) is 0 Å². The molecule has 1 amide bonds. The van der Waals surface area contributed by atoms with Crippen LogP contribution in [-0.2, 0) is 14.3 Å². The molecule has 0 spiro atoms. The minimum Gasteiger partial charge on any atom is -0.550 e. The predicted molar refractivity (Wildman–Crippen MR) is 120 cm³/mol. The molecule has 1 fully saturated rings. The summed E-state index contributed by atoms with van der Waals surface area (Å²) in [6.45, 7) is 9.73. The zero-order valence-electron chi connectivity index (χ0n) is 21.0. The summed E-state index contributed by atoms with van der Waals surface area (Å²) in [6.07, 6.45) is 15.1. The normalized spacial score (nSPS) is 22.1. The van der Waals surface area contributed by atoms with Crippen LogP contribution in [0.2, 0.25) is 0 Å². The molecule has 176 valence electrons. The van der Waals surface area contributed by atoms with Gasteiger partial charge in [0, 0.05) is 37.1 Å². The molecule has 0 heterocycles. The van der Waals surface area contributed by atoms with Gasteiger partial charge in [-0.25, -0.2) is 0 Å². The SMILES string of the molecule is CCCCCCCCCCCCOCCCNC(=O)[C@H]1CC[C@@](C)(C(=O)[O-])C1(C)C.[Na+]. The topological polar surface area (TPSA) is 78.5 Å². The summed E-state index contributed by atoms with van der Waals surface area (Å²) in [6, 6.07) is 0. The summed E-state index contributed by atoms with van der Waals surface area (Å²) >= 11 is 0. The third-order valence-corrected chi connectivity index (χ3v) is 7.40. The number of amides is 1. The fraction of sp³-hybridized carbons (Fsp3) is 0.920. The van der Waals surface area contributed by atoms with Gasteiger partial charge < -0.3 is 20.0 Å². The van der Waals surface area contributed by atoms with Crippen LogP contribution in [0.3, 0.4) is 0 Å². The summed E-state index contributed by atoms with van der Waals surface area (Å²) in [7, 11) is 0. The van der Waals surface area contributed by atoms with Gasteiger partial charge in [-0.05, 0) is 31.1 Å². The number of hydrogen-bond acceptors (Lipinski definition) is 4. The minimum atomic E-state index is -1.05. The molecule has 1 rings (SSSR count). The van der Waals surface area contributed by atoms with E-state index >= 15 is 0 Å². The van der Waals surface area contributed by atoms with E-state index in [1.807, 2.05) is 13.8 Å². The second-order valence-electron chi connectivity index (χ2n) is 9.87. The van der Waals surface area contributed by atoms with Crippen molar-refractivity contribution < 1.29 is 49.0 Å². The summed E-state index contributed by atoms with van der Waals surface area (Å²) in [4.78, 5) is 24.1. The first-order valence-electron chi connectivity index (χ1n) is 12.3. The molecular formula is C25H46NNaO4. The van der Waals surface area contributed by atoms with Crippen molar-refractivity contribution in [3.63, 3.8) is 0 Å². The molecule has 0 unspecified atom stereocenters. The Morgan fingerprint density at radius 2 is 1.42 bits per heavy atom. The van der Waals surface area contributed by atoms with Crippen molar-refractivity contribution in [1.29, 1.82) is 0 Å². The van der Waals surface area contributed by atoms with Crippen LogP contribution in [0, 0.1) is 16.7 Å². The van der Waals surface area contributed by atoms with Gasteiger partial charge in [-0.1, -0.05) is 85.5 Å². The van der Waals surface area contributed by atoms with Crippen molar-refractivity contribution in [3.05, 3.63) is 0 Å². The monoisotopic (exact) mass is 447 g/mol. The number of rotatable bonds is 17. The number of unbranched alkanes of at least 4 members (excludes halogenated alkanes) is 9. The average molecular weight is 448 g/mol. The number of carboxylic acid groups (broad SMARTS) is 1. The fourth-order valence-electron chi connectivity index (χ4n) is 4.63. The zero-order valence-corrected chi connectivity index (χ0v) is 23.0. The average Bonchev–Trinajstić information content (AvgIpc) is 2.95. The van der Waals surface area contributed by atoms with Gasteiger partial charge in [-0.15, -0.1) is 0 Å². The molecule has 6 heteroatoms. The first-order chi connectivity index (χ1) is 14.3. The third-order valence-electron chi connectivity index (χ3n) is 7.40. The molecule has 0 bridgehead atoms. The molecule has 0 aromatic carbocycles. The van der Waals surface area contributed by atoms with Crippen LogP contribution in [0.25, 0.3) is 0 Å². The number of ether oxygens (including phenoxy) is 1. The van der Waals surface area contributed by atoms with Crippen LogP contribution in [0.4, 0.5) is 0 Å². The first kappa shape index (κ1) is 30.9. The maximum atomic E-state index is 12.5. The van der Waals surface area contributed by atoms with Crippen molar-refractivity contribution in [3.8, 4) is 0 Å². The number of carbonyl (C=O) groups is 2. The van der Waals surface area contributed by atoms with Crippen LogP contribution >= 0.6 is 0 Å². The van der Waals surface area contributed by atoms with Gasteiger partial charge in [0.25, 0.3) is 0 Å². The molecular weight excluding hydrogens is 401 g/mol. The van der Waals surface area contributed by atoms with Crippen LogP contribution < -0.4 is 40.0 Å². The van der Waals surface area contributed by atoms with E-state index in [1.165, 1.54) is 57.8 Å². The van der Waals surface area contributed by atoms with Gasteiger partial charge in [-0.3, -0.25) is 4.79 Å². The summed E-state index contributed by atoms with van der Waals surface area (Å²) < 4.78 is 5.68. The van der Waals surface area contributed by atoms with Crippen molar-refractivity contribution in [2.75, 3.05) is 19.8 Å². The van der Waals surface area contributed by atoms with Crippen LogP contribution in [0.1, 0.15) is 111 Å². The third kappa shape index (κ3) is 10.1. The molecule has 0 aliphatic heterocycles. The number of carbonyl (C=O) groups excluding carboxylic acids is 2. The van der Waals surface area contributed by atoms with E-state index in [9.17, 15) is 14.7 Å². The van der Waals surface area contributed by atoms with Gasteiger partial charge in [-0.2, -0.15) is 0 Å². The summed E-state index contributed by atoms with van der Waals surface area (Å²) in [5, 5.41) is 14.5. The number of aliphatic carboxylic acids is 1. The molecule has 0 radical (unpaired) electrons. The largest absolute Gasteiger partial charge is 1.00 e.